The van der Waals surface area contributed by atoms with Crippen LogP contribution in [0.4, 0.5) is 0 Å². The van der Waals surface area contributed by atoms with Crippen LogP contribution >= 0.6 is 0 Å². The number of aliphatic hydroxyl groups is 2. The fourth-order valence-electron chi connectivity index (χ4n) is 6.72. The van der Waals surface area contributed by atoms with Gasteiger partial charge in [-0.2, -0.15) is 0 Å². The maximum Gasteiger partial charge on any atom is 0.147 e. The quantitative estimate of drug-likeness (QED) is 0.335. The number of rotatable bonds is 8. The molecule has 0 aromatic rings. The Morgan fingerprint density at radius 2 is 1.79 bits per heavy atom. The number of aliphatic hydroxyl groups excluding tert-OH is 2. The predicted molar refractivity (Wildman–Crippen MR) is 135 cm³/mol. The molecule has 3 aliphatic carbocycles. The minimum atomic E-state index is -0.397. The van der Waals surface area contributed by atoms with Crippen molar-refractivity contribution in [3.8, 4) is 0 Å². The minimum absolute atomic E-state index is 0.247. The number of methoxy groups -OCH3 is 1. The van der Waals surface area contributed by atoms with Crippen LogP contribution in [-0.4, -0.2) is 41.9 Å². The zero-order valence-electron chi connectivity index (χ0n) is 21.8. The van der Waals surface area contributed by atoms with E-state index in [0.717, 1.165) is 0 Å². The summed E-state index contributed by atoms with van der Waals surface area (Å²) in [5.41, 5.74) is 2.89. The fraction of sp³-hybridized carbons (Fsp3) is 0.793. The normalized spacial score (nSPS) is 36.2. The monoisotopic (exact) mass is 460 g/mol. The smallest absolute Gasteiger partial charge is 0.147 e. The Labute approximate surface area is 202 Å². The summed E-state index contributed by atoms with van der Waals surface area (Å²) in [7, 11) is 1.67. The molecular weight excluding hydrogens is 412 g/mol. The molecule has 3 fully saturated rings. The molecule has 0 bridgehead atoms. The molecule has 0 spiro atoms. The molecule has 188 valence electrons. The van der Waals surface area contributed by atoms with Crippen molar-refractivity contribution < 1.29 is 19.7 Å². The third-order valence-corrected chi connectivity index (χ3v) is 9.09. The molecule has 0 amide bonds. The predicted octanol–water partition coefficient (Wildman–Crippen LogP) is 6.19. The summed E-state index contributed by atoms with van der Waals surface area (Å²) in [5.74, 6) is 2.21. The van der Waals surface area contributed by atoms with Gasteiger partial charge in [0.1, 0.15) is 6.79 Å². The van der Waals surface area contributed by atoms with Crippen LogP contribution in [0.1, 0.15) is 86.0 Å². The van der Waals surface area contributed by atoms with Gasteiger partial charge in [0.15, 0.2) is 0 Å². The van der Waals surface area contributed by atoms with Crippen molar-refractivity contribution in [2.75, 3.05) is 13.9 Å². The summed E-state index contributed by atoms with van der Waals surface area (Å²) in [6, 6.07) is 0. The van der Waals surface area contributed by atoms with E-state index in [-0.39, 0.29) is 5.60 Å². The lowest BCUT2D eigenvalue weighted by Gasteiger charge is -2.44. The Morgan fingerprint density at radius 3 is 2.45 bits per heavy atom. The van der Waals surface area contributed by atoms with E-state index in [0.29, 0.717) is 55.1 Å². The van der Waals surface area contributed by atoms with Gasteiger partial charge in [0.2, 0.25) is 0 Å². The largest absolute Gasteiger partial charge is 0.393 e. The van der Waals surface area contributed by atoms with Crippen LogP contribution in [0.5, 0.6) is 0 Å². The molecule has 0 aromatic heterocycles. The number of allylic oxidation sites excluding steroid dienone is 4. The van der Waals surface area contributed by atoms with Crippen LogP contribution in [-0.2, 0) is 9.47 Å². The van der Waals surface area contributed by atoms with Gasteiger partial charge in [0.25, 0.3) is 0 Å². The van der Waals surface area contributed by atoms with Crippen LogP contribution in [0.15, 0.2) is 35.5 Å². The summed E-state index contributed by atoms with van der Waals surface area (Å²) >= 11 is 0. The van der Waals surface area contributed by atoms with Crippen molar-refractivity contribution in [1.82, 2.24) is 0 Å². The summed E-state index contributed by atoms with van der Waals surface area (Å²) in [6.45, 7) is 11.8. The van der Waals surface area contributed by atoms with Crippen LogP contribution < -0.4 is 0 Å². The van der Waals surface area contributed by atoms with E-state index >= 15 is 0 Å². The van der Waals surface area contributed by atoms with Gasteiger partial charge in [-0.1, -0.05) is 56.2 Å². The number of ether oxygens (including phenoxy) is 2. The molecule has 3 aliphatic rings. The lowest BCUT2D eigenvalue weighted by Crippen LogP contribution is -2.36. The average molecular weight is 461 g/mol. The molecular formula is C29H48O4. The van der Waals surface area contributed by atoms with E-state index < -0.39 is 12.2 Å². The second-order valence-electron chi connectivity index (χ2n) is 11.8. The van der Waals surface area contributed by atoms with E-state index in [2.05, 4.69) is 58.9 Å². The second kappa shape index (κ2) is 11.2. The van der Waals surface area contributed by atoms with Gasteiger partial charge in [-0.15, -0.1) is 0 Å². The molecule has 0 aromatic carbocycles. The van der Waals surface area contributed by atoms with Crippen molar-refractivity contribution in [3.05, 3.63) is 35.5 Å². The van der Waals surface area contributed by atoms with Gasteiger partial charge < -0.3 is 19.7 Å². The molecule has 3 rings (SSSR count). The molecule has 2 N–H and O–H groups in total. The highest BCUT2D eigenvalue weighted by atomic mass is 16.7. The molecule has 4 heteroatoms. The standard InChI is InChI=1S/C29H48O4/c1-20(9-10-21(2)28(3,4)33-19-32-6)26-13-14-27-23(8-7-15-29(26,27)5)12-11-22-16-24(30)18-25(31)17-22/h9-12,20-21,24-27,30-31H,7-8,13-19H2,1-6H3. The Kier molecular flexibility index (Phi) is 9.05. The summed E-state index contributed by atoms with van der Waals surface area (Å²) in [5, 5.41) is 20.0. The Balaban J connectivity index is 1.68. The Hall–Kier alpha value is -0.940. The van der Waals surface area contributed by atoms with E-state index in [4.69, 9.17) is 9.47 Å². The van der Waals surface area contributed by atoms with Crippen molar-refractivity contribution in [2.24, 2.45) is 29.1 Å². The van der Waals surface area contributed by atoms with Gasteiger partial charge in [0.05, 0.1) is 17.8 Å². The maximum atomic E-state index is 10.0. The van der Waals surface area contributed by atoms with Gasteiger partial charge in [-0.05, 0) is 88.4 Å². The number of hydrogen-bond donors (Lipinski definition) is 2. The topological polar surface area (TPSA) is 58.9 Å². The number of fused-ring (bicyclic) bond motifs is 1. The summed E-state index contributed by atoms with van der Waals surface area (Å²) in [4.78, 5) is 0. The first-order valence-electron chi connectivity index (χ1n) is 13.1. The molecule has 7 unspecified atom stereocenters. The first-order chi connectivity index (χ1) is 15.6. The van der Waals surface area contributed by atoms with E-state index in [1.807, 2.05) is 0 Å². The van der Waals surface area contributed by atoms with E-state index in [9.17, 15) is 10.2 Å². The highest BCUT2D eigenvalue weighted by molar-refractivity contribution is 5.26. The molecule has 7 atom stereocenters. The first-order valence-corrected chi connectivity index (χ1v) is 13.1. The maximum absolute atomic E-state index is 10.0. The van der Waals surface area contributed by atoms with Gasteiger partial charge in [-0.25, -0.2) is 0 Å². The lowest BCUT2D eigenvalue weighted by atomic mass is 9.61. The highest BCUT2D eigenvalue weighted by Crippen LogP contribution is 2.59. The molecule has 0 heterocycles. The summed E-state index contributed by atoms with van der Waals surface area (Å²) in [6.07, 6.45) is 16.8. The van der Waals surface area contributed by atoms with Crippen molar-refractivity contribution in [1.29, 1.82) is 0 Å². The minimum Gasteiger partial charge on any atom is -0.393 e. The third kappa shape index (κ3) is 6.39. The van der Waals surface area contributed by atoms with Crippen LogP contribution in [0.3, 0.4) is 0 Å². The SMILES string of the molecule is COCOC(C)(C)C(C)C=CC(C)C1CCC2C(=CC=C3CC(O)CC(O)C3)CCCC21C. The van der Waals surface area contributed by atoms with Crippen LogP contribution in [0.2, 0.25) is 0 Å². The van der Waals surface area contributed by atoms with Crippen LogP contribution in [0.25, 0.3) is 0 Å². The molecule has 0 radical (unpaired) electrons. The molecule has 3 saturated carbocycles. The molecule has 33 heavy (non-hydrogen) atoms. The van der Waals surface area contributed by atoms with Crippen molar-refractivity contribution in [2.45, 2.75) is 104 Å². The van der Waals surface area contributed by atoms with Crippen LogP contribution in [0, 0.1) is 29.1 Å². The second-order valence-corrected chi connectivity index (χ2v) is 11.8. The third-order valence-electron chi connectivity index (χ3n) is 9.09. The average Bonchev–Trinajstić information content (AvgIpc) is 3.11. The molecule has 4 nitrogen and oxygen atoms in total. The fourth-order valence-corrected chi connectivity index (χ4v) is 6.72. The molecule has 0 aliphatic heterocycles. The van der Waals surface area contributed by atoms with Crippen molar-refractivity contribution >= 4 is 0 Å². The Bertz CT molecular complexity index is 724. The summed E-state index contributed by atoms with van der Waals surface area (Å²) < 4.78 is 11.0. The first kappa shape index (κ1) is 26.7. The highest BCUT2D eigenvalue weighted by Gasteiger charge is 2.50. The van der Waals surface area contributed by atoms with Gasteiger partial charge in [-0.3, -0.25) is 0 Å². The van der Waals surface area contributed by atoms with E-state index in [1.54, 1.807) is 12.7 Å². The zero-order valence-corrected chi connectivity index (χ0v) is 21.8. The van der Waals surface area contributed by atoms with E-state index in [1.165, 1.54) is 37.7 Å². The lowest BCUT2D eigenvalue weighted by molar-refractivity contribution is -0.128. The zero-order chi connectivity index (χ0) is 24.2. The Morgan fingerprint density at radius 1 is 1.09 bits per heavy atom. The van der Waals surface area contributed by atoms with Crippen molar-refractivity contribution in [3.63, 3.8) is 0 Å². The van der Waals surface area contributed by atoms with Gasteiger partial charge in [0, 0.05) is 13.0 Å². The molecule has 0 saturated heterocycles. The van der Waals surface area contributed by atoms with Gasteiger partial charge >= 0.3 is 0 Å². The number of hydrogen-bond acceptors (Lipinski definition) is 4.